The van der Waals surface area contributed by atoms with Crippen LogP contribution in [0.5, 0.6) is 0 Å². The van der Waals surface area contributed by atoms with E-state index in [0.29, 0.717) is 6.10 Å². The minimum atomic E-state index is 0.00736. The summed E-state index contributed by atoms with van der Waals surface area (Å²) >= 11 is 0. The van der Waals surface area contributed by atoms with Gasteiger partial charge in [0.1, 0.15) is 0 Å². The van der Waals surface area contributed by atoms with Gasteiger partial charge in [0.05, 0.1) is 12.2 Å². The number of rotatable bonds is 1. The number of hydrogen-bond donors (Lipinski definition) is 0. The SMILES string of the molecule is COC1CCC2OCCCC2O1. The van der Waals surface area contributed by atoms with Gasteiger partial charge in [-0.1, -0.05) is 0 Å². The molecule has 0 aromatic rings. The van der Waals surface area contributed by atoms with Crippen LogP contribution >= 0.6 is 0 Å². The van der Waals surface area contributed by atoms with Crippen LogP contribution in [-0.2, 0) is 14.2 Å². The molecule has 3 atom stereocenters. The lowest BCUT2D eigenvalue weighted by Crippen LogP contribution is -2.43. The van der Waals surface area contributed by atoms with Crippen LogP contribution < -0.4 is 0 Å². The van der Waals surface area contributed by atoms with Crippen molar-refractivity contribution >= 4 is 0 Å². The standard InChI is InChI=1S/C9H16O3/c1-10-9-5-4-7-8(12-9)3-2-6-11-7/h7-9H,2-6H2,1H3. The van der Waals surface area contributed by atoms with Gasteiger partial charge in [0.25, 0.3) is 0 Å². The van der Waals surface area contributed by atoms with Crippen LogP contribution in [0.25, 0.3) is 0 Å². The van der Waals surface area contributed by atoms with Crippen molar-refractivity contribution < 1.29 is 14.2 Å². The Hall–Kier alpha value is -0.120. The van der Waals surface area contributed by atoms with Gasteiger partial charge in [-0.05, 0) is 19.3 Å². The summed E-state index contributed by atoms with van der Waals surface area (Å²) < 4.78 is 16.4. The zero-order valence-corrected chi connectivity index (χ0v) is 7.49. The van der Waals surface area contributed by atoms with Gasteiger partial charge < -0.3 is 14.2 Å². The van der Waals surface area contributed by atoms with E-state index in [2.05, 4.69) is 0 Å². The molecule has 0 bridgehead atoms. The monoisotopic (exact) mass is 172 g/mol. The first kappa shape index (κ1) is 8.48. The molecule has 3 heteroatoms. The van der Waals surface area contributed by atoms with Crippen molar-refractivity contribution in [2.45, 2.75) is 44.2 Å². The molecular formula is C9H16O3. The van der Waals surface area contributed by atoms with Crippen molar-refractivity contribution in [2.75, 3.05) is 13.7 Å². The average molecular weight is 172 g/mol. The first-order valence-electron chi connectivity index (χ1n) is 4.70. The molecule has 3 unspecified atom stereocenters. The molecule has 0 N–H and O–H groups in total. The lowest BCUT2D eigenvalue weighted by molar-refractivity contribution is -0.233. The Morgan fingerprint density at radius 1 is 1.17 bits per heavy atom. The van der Waals surface area contributed by atoms with Crippen LogP contribution in [0.2, 0.25) is 0 Å². The first-order chi connectivity index (χ1) is 5.90. The molecule has 0 aromatic heterocycles. The fraction of sp³-hybridized carbons (Fsp3) is 1.00. The maximum Gasteiger partial charge on any atom is 0.157 e. The fourth-order valence-electron chi connectivity index (χ4n) is 1.97. The second kappa shape index (κ2) is 3.73. The molecule has 0 amide bonds. The molecule has 2 saturated heterocycles. The molecule has 2 heterocycles. The largest absolute Gasteiger partial charge is 0.376 e. The molecule has 0 aliphatic carbocycles. The topological polar surface area (TPSA) is 27.7 Å². The highest BCUT2D eigenvalue weighted by Crippen LogP contribution is 2.28. The quantitative estimate of drug-likeness (QED) is 0.597. The van der Waals surface area contributed by atoms with E-state index < -0.39 is 0 Å². The molecule has 12 heavy (non-hydrogen) atoms. The van der Waals surface area contributed by atoms with E-state index in [1.165, 1.54) is 0 Å². The minimum absolute atomic E-state index is 0.00736. The Balaban J connectivity index is 1.90. The van der Waals surface area contributed by atoms with E-state index in [1.54, 1.807) is 7.11 Å². The Bertz CT molecular complexity index is 149. The summed E-state index contributed by atoms with van der Waals surface area (Å²) in [5, 5.41) is 0. The van der Waals surface area contributed by atoms with Crippen molar-refractivity contribution in [3.8, 4) is 0 Å². The molecule has 0 spiro atoms. The molecule has 2 aliphatic rings. The summed E-state index contributed by atoms with van der Waals surface area (Å²) in [6.07, 6.45) is 4.94. The third-order valence-electron chi connectivity index (χ3n) is 2.66. The van der Waals surface area contributed by atoms with Crippen molar-refractivity contribution in [1.29, 1.82) is 0 Å². The number of fused-ring (bicyclic) bond motifs is 1. The van der Waals surface area contributed by atoms with Gasteiger partial charge in [-0.2, -0.15) is 0 Å². The van der Waals surface area contributed by atoms with Gasteiger partial charge in [-0.3, -0.25) is 0 Å². The van der Waals surface area contributed by atoms with Gasteiger partial charge in [0, 0.05) is 20.1 Å². The van der Waals surface area contributed by atoms with Crippen molar-refractivity contribution in [1.82, 2.24) is 0 Å². The predicted molar refractivity (Wildman–Crippen MR) is 43.9 cm³/mol. The van der Waals surface area contributed by atoms with Crippen LogP contribution in [0, 0.1) is 0 Å². The summed E-state index contributed by atoms with van der Waals surface area (Å²) in [6, 6.07) is 0. The summed E-state index contributed by atoms with van der Waals surface area (Å²) in [6.45, 7) is 0.905. The molecule has 0 aromatic carbocycles. The van der Waals surface area contributed by atoms with Crippen LogP contribution in [0.15, 0.2) is 0 Å². The van der Waals surface area contributed by atoms with Crippen molar-refractivity contribution in [3.63, 3.8) is 0 Å². The Morgan fingerprint density at radius 3 is 2.92 bits per heavy atom. The van der Waals surface area contributed by atoms with Crippen LogP contribution in [0.4, 0.5) is 0 Å². The summed E-state index contributed by atoms with van der Waals surface area (Å²) in [7, 11) is 1.70. The van der Waals surface area contributed by atoms with E-state index in [9.17, 15) is 0 Å². The highest BCUT2D eigenvalue weighted by Gasteiger charge is 2.33. The van der Waals surface area contributed by atoms with Crippen LogP contribution in [-0.4, -0.2) is 32.2 Å². The summed E-state index contributed by atoms with van der Waals surface area (Å²) in [5.74, 6) is 0. The zero-order chi connectivity index (χ0) is 8.39. The number of methoxy groups -OCH3 is 1. The van der Waals surface area contributed by atoms with Crippen LogP contribution in [0.1, 0.15) is 25.7 Å². The Labute approximate surface area is 73.0 Å². The second-order valence-electron chi connectivity index (χ2n) is 3.47. The van der Waals surface area contributed by atoms with Gasteiger partial charge in [0.2, 0.25) is 0 Å². The maximum absolute atomic E-state index is 5.69. The average Bonchev–Trinajstić information content (AvgIpc) is 2.17. The minimum Gasteiger partial charge on any atom is -0.376 e. The molecule has 0 saturated carbocycles. The third kappa shape index (κ3) is 1.63. The number of hydrogen-bond acceptors (Lipinski definition) is 3. The van der Waals surface area contributed by atoms with E-state index in [-0.39, 0.29) is 12.4 Å². The Morgan fingerprint density at radius 2 is 2.08 bits per heavy atom. The van der Waals surface area contributed by atoms with Crippen molar-refractivity contribution in [3.05, 3.63) is 0 Å². The van der Waals surface area contributed by atoms with Gasteiger partial charge >= 0.3 is 0 Å². The van der Waals surface area contributed by atoms with Gasteiger partial charge in [-0.15, -0.1) is 0 Å². The predicted octanol–water partition coefficient (Wildman–Crippen LogP) is 1.32. The maximum atomic E-state index is 5.69. The van der Waals surface area contributed by atoms with E-state index in [0.717, 1.165) is 32.3 Å². The molecule has 2 aliphatic heterocycles. The lowest BCUT2D eigenvalue weighted by Gasteiger charge is -2.38. The van der Waals surface area contributed by atoms with E-state index >= 15 is 0 Å². The molecule has 0 radical (unpaired) electrons. The van der Waals surface area contributed by atoms with E-state index in [4.69, 9.17) is 14.2 Å². The van der Waals surface area contributed by atoms with E-state index in [1.807, 2.05) is 0 Å². The van der Waals surface area contributed by atoms with Gasteiger partial charge in [-0.25, -0.2) is 0 Å². The highest BCUT2D eigenvalue weighted by atomic mass is 16.7. The second-order valence-corrected chi connectivity index (χ2v) is 3.47. The lowest BCUT2D eigenvalue weighted by atomic mass is 9.98. The molecule has 3 nitrogen and oxygen atoms in total. The Kier molecular flexibility index (Phi) is 2.63. The normalized spacial score (nSPS) is 42.2. The molecule has 2 fully saturated rings. The highest BCUT2D eigenvalue weighted by molar-refractivity contribution is 4.79. The van der Waals surface area contributed by atoms with Crippen molar-refractivity contribution in [2.24, 2.45) is 0 Å². The smallest absolute Gasteiger partial charge is 0.157 e. The molecule has 2 rings (SSSR count). The fourth-order valence-corrected chi connectivity index (χ4v) is 1.97. The molecular weight excluding hydrogens is 156 g/mol. The summed E-state index contributed by atoms with van der Waals surface area (Å²) in [4.78, 5) is 0. The molecule has 70 valence electrons. The number of ether oxygens (including phenoxy) is 3. The first-order valence-corrected chi connectivity index (χ1v) is 4.70. The third-order valence-corrected chi connectivity index (χ3v) is 2.66. The van der Waals surface area contributed by atoms with Crippen LogP contribution in [0.3, 0.4) is 0 Å². The summed E-state index contributed by atoms with van der Waals surface area (Å²) in [5.41, 5.74) is 0. The zero-order valence-electron chi connectivity index (χ0n) is 7.49. The van der Waals surface area contributed by atoms with Gasteiger partial charge in [0.15, 0.2) is 6.29 Å².